The lowest BCUT2D eigenvalue weighted by atomic mass is 9.68. The predicted molar refractivity (Wildman–Crippen MR) is 203 cm³/mol. The van der Waals surface area contributed by atoms with E-state index < -0.39 is 5.41 Å². The van der Waals surface area contributed by atoms with Gasteiger partial charge in [0.1, 0.15) is 5.58 Å². The Kier molecular flexibility index (Phi) is 6.13. The number of rotatable bonds is 5. The summed E-state index contributed by atoms with van der Waals surface area (Å²) in [6.07, 6.45) is 0. The Morgan fingerprint density at radius 2 is 0.980 bits per heavy atom. The van der Waals surface area contributed by atoms with Crippen molar-refractivity contribution in [3.63, 3.8) is 0 Å². The molecule has 0 fully saturated rings. The fourth-order valence-electron chi connectivity index (χ4n) is 8.31. The van der Waals surface area contributed by atoms with Gasteiger partial charge in [-0.2, -0.15) is 0 Å². The van der Waals surface area contributed by atoms with Gasteiger partial charge >= 0.3 is 0 Å². The maximum absolute atomic E-state index is 6.73. The van der Waals surface area contributed by atoms with Gasteiger partial charge in [0.05, 0.1) is 11.1 Å². The quantitative estimate of drug-likeness (QED) is 0.189. The Bertz CT molecular complexity index is 2610. The van der Waals surface area contributed by atoms with E-state index in [0.29, 0.717) is 0 Å². The van der Waals surface area contributed by atoms with E-state index in [-0.39, 0.29) is 0 Å². The normalized spacial score (nSPS) is 13.1. The summed E-state index contributed by atoms with van der Waals surface area (Å²) in [5, 5.41) is 4.68. The second-order valence-electron chi connectivity index (χ2n) is 12.8. The lowest BCUT2D eigenvalue weighted by molar-refractivity contribution is 0.669. The molecule has 1 aliphatic rings. The molecule has 9 aromatic rings. The Hall–Kier alpha value is -6.38. The van der Waals surface area contributed by atoms with Crippen LogP contribution in [0.1, 0.15) is 22.3 Å². The SMILES string of the molecule is c1ccc(N(c2ccc(C3(c4ccccc4)c4ccccc4-c4ccccc43)cc2)c2cccc3c2oc2ccc4ccccc4c23)cc1. The molecule has 1 heterocycles. The zero-order valence-corrected chi connectivity index (χ0v) is 26.8. The molecule has 0 spiro atoms. The fourth-order valence-corrected chi connectivity index (χ4v) is 8.31. The summed E-state index contributed by atoms with van der Waals surface area (Å²) in [4.78, 5) is 2.32. The van der Waals surface area contributed by atoms with Crippen LogP contribution in [0.4, 0.5) is 17.1 Å². The first-order chi connectivity index (χ1) is 24.3. The highest BCUT2D eigenvalue weighted by Gasteiger charge is 2.45. The molecule has 0 N–H and O–H groups in total. The van der Waals surface area contributed by atoms with E-state index in [2.05, 4.69) is 193 Å². The van der Waals surface area contributed by atoms with Crippen molar-refractivity contribution in [1.82, 2.24) is 0 Å². The number of anilines is 3. The number of fused-ring (bicyclic) bond motifs is 8. The van der Waals surface area contributed by atoms with Crippen LogP contribution in [0, 0.1) is 0 Å². The second-order valence-corrected chi connectivity index (χ2v) is 12.8. The number of hydrogen-bond donors (Lipinski definition) is 0. The summed E-state index contributed by atoms with van der Waals surface area (Å²) in [6, 6.07) is 67.8. The van der Waals surface area contributed by atoms with Crippen molar-refractivity contribution in [2.24, 2.45) is 0 Å². The van der Waals surface area contributed by atoms with Gasteiger partial charge in [-0.25, -0.2) is 0 Å². The Morgan fingerprint density at radius 1 is 0.408 bits per heavy atom. The van der Waals surface area contributed by atoms with Crippen molar-refractivity contribution in [2.75, 3.05) is 4.90 Å². The topological polar surface area (TPSA) is 16.4 Å². The summed E-state index contributed by atoms with van der Waals surface area (Å²) in [7, 11) is 0. The van der Waals surface area contributed by atoms with Crippen molar-refractivity contribution in [1.29, 1.82) is 0 Å². The molecule has 0 radical (unpaired) electrons. The highest BCUT2D eigenvalue weighted by Crippen LogP contribution is 2.56. The molecular formula is C47H31NO. The maximum Gasteiger partial charge on any atom is 0.159 e. The number of furan rings is 1. The highest BCUT2D eigenvalue weighted by atomic mass is 16.3. The molecule has 0 saturated heterocycles. The smallest absolute Gasteiger partial charge is 0.159 e. The Labute approximate surface area is 285 Å². The lowest BCUT2D eigenvalue weighted by Gasteiger charge is -2.34. The van der Waals surface area contributed by atoms with Crippen LogP contribution in [0.15, 0.2) is 192 Å². The molecular weight excluding hydrogens is 595 g/mol. The molecule has 10 rings (SSSR count). The van der Waals surface area contributed by atoms with Gasteiger partial charge in [-0.1, -0.05) is 152 Å². The largest absolute Gasteiger partial charge is 0.454 e. The molecule has 49 heavy (non-hydrogen) atoms. The minimum Gasteiger partial charge on any atom is -0.454 e. The summed E-state index contributed by atoms with van der Waals surface area (Å²) in [6.45, 7) is 0. The summed E-state index contributed by atoms with van der Waals surface area (Å²) >= 11 is 0. The van der Waals surface area contributed by atoms with Crippen LogP contribution < -0.4 is 4.90 Å². The van der Waals surface area contributed by atoms with Crippen molar-refractivity contribution < 1.29 is 4.42 Å². The van der Waals surface area contributed by atoms with Crippen LogP contribution in [0.25, 0.3) is 43.8 Å². The van der Waals surface area contributed by atoms with E-state index >= 15 is 0 Å². The molecule has 1 aromatic heterocycles. The van der Waals surface area contributed by atoms with E-state index in [9.17, 15) is 0 Å². The summed E-state index contributed by atoms with van der Waals surface area (Å²) < 4.78 is 6.73. The third-order valence-electron chi connectivity index (χ3n) is 10.3. The second kappa shape index (κ2) is 10.8. The molecule has 0 atom stereocenters. The number of nitrogens with zero attached hydrogens (tertiary/aromatic N) is 1. The fraction of sp³-hybridized carbons (Fsp3) is 0.0213. The van der Waals surface area contributed by atoms with Gasteiger partial charge in [-0.15, -0.1) is 0 Å². The highest BCUT2D eigenvalue weighted by molar-refractivity contribution is 6.20. The van der Waals surface area contributed by atoms with Gasteiger partial charge in [0.25, 0.3) is 0 Å². The van der Waals surface area contributed by atoms with Crippen LogP contribution >= 0.6 is 0 Å². The first-order valence-electron chi connectivity index (χ1n) is 16.9. The van der Waals surface area contributed by atoms with Gasteiger partial charge in [0, 0.05) is 22.1 Å². The molecule has 1 aliphatic carbocycles. The summed E-state index contributed by atoms with van der Waals surface area (Å²) in [5.41, 5.74) is 12.2. The van der Waals surface area contributed by atoms with Crippen LogP contribution in [-0.4, -0.2) is 0 Å². The molecule has 0 bridgehead atoms. The Balaban J connectivity index is 1.20. The molecule has 0 amide bonds. The number of hydrogen-bond acceptors (Lipinski definition) is 2. The van der Waals surface area contributed by atoms with Crippen molar-refractivity contribution in [3.05, 3.63) is 210 Å². The van der Waals surface area contributed by atoms with Crippen LogP contribution in [-0.2, 0) is 5.41 Å². The predicted octanol–water partition coefficient (Wildman–Crippen LogP) is 12.6. The van der Waals surface area contributed by atoms with E-state index in [1.807, 2.05) is 0 Å². The first kappa shape index (κ1) is 27.7. The van der Waals surface area contributed by atoms with Crippen LogP contribution in [0.5, 0.6) is 0 Å². The van der Waals surface area contributed by atoms with Gasteiger partial charge in [-0.3, -0.25) is 0 Å². The average Bonchev–Trinajstić information content (AvgIpc) is 3.71. The van der Waals surface area contributed by atoms with E-state index in [1.54, 1.807) is 0 Å². The molecule has 2 nitrogen and oxygen atoms in total. The third-order valence-corrected chi connectivity index (χ3v) is 10.3. The number of para-hydroxylation sites is 2. The molecule has 0 aliphatic heterocycles. The molecule has 2 heteroatoms. The van der Waals surface area contributed by atoms with Crippen molar-refractivity contribution in [3.8, 4) is 11.1 Å². The van der Waals surface area contributed by atoms with Gasteiger partial charge < -0.3 is 9.32 Å². The third kappa shape index (κ3) is 4.01. The molecule has 230 valence electrons. The number of benzene rings is 8. The monoisotopic (exact) mass is 625 g/mol. The van der Waals surface area contributed by atoms with Gasteiger partial charge in [0.15, 0.2) is 5.58 Å². The minimum absolute atomic E-state index is 0.440. The zero-order chi connectivity index (χ0) is 32.4. The summed E-state index contributed by atoms with van der Waals surface area (Å²) in [5.74, 6) is 0. The molecule has 0 saturated carbocycles. The molecule has 0 unspecified atom stereocenters. The maximum atomic E-state index is 6.73. The van der Waals surface area contributed by atoms with Crippen molar-refractivity contribution >= 4 is 49.8 Å². The molecule has 8 aromatic carbocycles. The minimum atomic E-state index is -0.440. The van der Waals surface area contributed by atoms with Gasteiger partial charge in [0.2, 0.25) is 0 Å². The van der Waals surface area contributed by atoms with Crippen molar-refractivity contribution in [2.45, 2.75) is 5.41 Å². The van der Waals surface area contributed by atoms with E-state index in [4.69, 9.17) is 4.42 Å². The van der Waals surface area contributed by atoms with E-state index in [0.717, 1.165) is 39.0 Å². The zero-order valence-electron chi connectivity index (χ0n) is 26.8. The standard InChI is InChI=1S/C47H31NO/c1-3-15-33(16-4-1)47(41-23-11-9-20-38(41)39-21-10-12-24-42(39)47)34-27-29-36(30-28-34)48(35-17-5-2-6-18-35)43-25-13-22-40-45-37-19-8-7-14-32(37)26-31-44(45)49-46(40)43/h1-31H. The average molecular weight is 626 g/mol. The van der Waals surface area contributed by atoms with Crippen LogP contribution in [0.3, 0.4) is 0 Å². The van der Waals surface area contributed by atoms with Gasteiger partial charge in [-0.05, 0) is 80.6 Å². The van der Waals surface area contributed by atoms with E-state index in [1.165, 1.54) is 44.2 Å². The Morgan fingerprint density at radius 3 is 1.71 bits per heavy atom. The lowest BCUT2D eigenvalue weighted by Crippen LogP contribution is -2.28. The first-order valence-corrected chi connectivity index (χ1v) is 16.9. The van der Waals surface area contributed by atoms with Crippen LogP contribution in [0.2, 0.25) is 0 Å².